The van der Waals surface area contributed by atoms with Crippen LogP contribution in [-0.4, -0.2) is 20.5 Å². The number of hydrogen-bond donors (Lipinski definition) is 0. The van der Waals surface area contributed by atoms with Crippen molar-refractivity contribution in [1.29, 1.82) is 0 Å². The van der Waals surface area contributed by atoms with Crippen LogP contribution >= 0.6 is 0 Å². The van der Waals surface area contributed by atoms with E-state index in [0.29, 0.717) is 21.0 Å². The van der Waals surface area contributed by atoms with Crippen molar-refractivity contribution in [2.45, 2.75) is 29.8 Å². The van der Waals surface area contributed by atoms with Gasteiger partial charge in [-0.05, 0) is 53.0 Å². The van der Waals surface area contributed by atoms with Crippen molar-refractivity contribution in [3.8, 4) is 0 Å². The lowest BCUT2D eigenvalue weighted by Crippen LogP contribution is -2.54. The number of fused-ring (bicyclic) bond motifs is 5. The van der Waals surface area contributed by atoms with Crippen LogP contribution in [0.2, 0.25) is 0 Å². The molecule has 0 saturated heterocycles. The normalized spacial score (nSPS) is 18.6. The zero-order valence-corrected chi connectivity index (χ0v) is 21.6. The third kappa shape index (κ3) is 3.73. The van der Waals surface area contributed by atoms with Crippen LogP contribution in [0.1, 0.15) is 34.2 Å². The third-order valence-corrected chi connectivity index (χ3v) is 9.07. The SMILES string of the molecule is Cc1ccc(S(=O)(=O)N2C(=O)C3(CC(F)(F)F)C(=C(c4ccccc4)c4ccccc43)c3ccccc32)cc1. The molecule has 4 aromatic rings. The van der Waals surface area contributed by atoms with Gasteiger partial charge >= 0.3 is 6.18 Å². The van der Waals surface area contributed by atoms with E-state index in [1.807, 2.05) is 0 Å². The molecule has 1 heterocycles. The van der Waals surface area contributed by atoms with E-state index >= 15 is 0 Å². The quantitative estimate of drug-likeness (QED) is 0.281. The Bertz CT molecular complexity index is 1760. The average Bonchev–Trinajstić information content (AvgIpc) is 3.20. The number of para-hydroxylation sites is 1. The number of aryl methyl sites for hydroxylation is 1. The maximum atomic E-state index is 14.6. The number of carbonyl (C=O) groups is 1. The summed E-state index contributed by atoms with van der Waals surface area (Å²) in [5, 5.41) is 0. The molecular weight excluding hydrogens is 523 g/mol. The summed E-state index contributed by atoms with van der Waals surface area (Å²) in [7, 11) is -4.56. The van der Waals surface area contributed by atoms with Crippen LogP contribution in [0.4, 0.5) is 18.9 Å². The van der Waals surface area contributed by atoms with Crippen molar-refractivity contribution in [2.24, 2.45) is 0 Å². The van der Waals surface area contributed by atoms with Gasteiger partial charge in [-0.2, -0.15) is 13.2 Å². The molecule has 1 aliphatic carbocycles. The van der Waals surface area contributed by atoms with E-state index in [1.54, 1.807) is 85.8 Å². The summed E-state index contributed by atoms with van der Waals surface area (Å²) in [5.74, 6) is -1.15. The van der Waals surface area contributed by atoms with Gasteiger partial charge in [-0.15, -0.1) is 0 Å². The Morgan fingerprint density at radius 3 is 2.03 bits per heavy atom. The second-order valence-electron chi connectivity index (χ2n) is 9.76. The van der Waals surface area contributed by atoms with Crippen LogP contribution in [0, 0.1) is 6.92 Å². The van der Waals surface area contributed by atoms with Crippen molar-refractivity contribution in [3.63, 3.8) is 0 Å². The monoisotopic (exact) mass is 545 g/mol. The smallest absolute Gasteiger partial charge is 0.272 e. The maximum Gasteiger partial charge on any atom is 0.390 e. The van der Waals surface area contributed by atoms with Gasteiger partial charge in [-0.1, -0.05) is 90.5 Å². The van der Waals surface area contributed by atoms with Crippen molar-refractivity contribution in [3.05, 3.63) is 131 Å². The van der Waals surface area contributed by atoms with E-state index in [9.17, 15) is 26.4 Å². The highest BCUT2D eigenvalue weighted by Crippen LogP contribution is 2.62. The van der Waals surface area contributed by atoms with Gasteiger partial charge in [0.1, 0.15) is 5.41 Å². The summed E-state index contributed by atoms with van der Waals surface area (Å²) >= 11 is 0. The number of nitrogens with zero attached hydrogens (tertiary/aromatic N) is 1. The number of sulfonamides is 1. The largest absolute Gasteiger partial charge is 0.390 e. The summed E-state index contributed by atoms with van der Waals surface area (Å²) in [6.45, 7) is 1.79. The molecule has 0 aromatic heterocycles. The molecule has 4 nitrogen and oxygen atoms in total. The van der Waals surface area contributed by atoms with Crippen molar-refractivity contribution in [1.82, 2.24) is 0 Å². The van der Waals surface area contributed by atoms with Crippen LogP contribution in [0.25, 0.3) is 11.1 Å². The molecule has 1 aliphatic heterocycles. The van der Waals surface area contributed by atoms with Gasteiger partial charge in [0.2, 0.25) is 0 Å². The first-order chi connectivity index (χ1) is 18.6. The molecule has 0 bridgehead atoms. The number of carbonyl (C=O) groups excluding carboxylic acids is 1. The Kier molecular flexibility index (Phi) is 5.59. The summed E-state index contributed by atoms with van der Waals surface area (Å²) in [5.41, 5.74) is 0.708. The first kappa shape index (κ1) is 25.1. The molecule has 2 aliphatic rings. The number of hydrogen-bond acceptors (Lipinski definition) is 3. The Labute approximate surface area is 224 Å². The summed E-state index contributed by atoms with van der Waals surface area (Å²) in [6, 6.07) is 27.6. The topological polar surface area (TPSA) is 54.5 Å². The number of alkyl halides is 3. The van der Waals surface area contributed by atoms with Crippen LogP contribution in [0.15, 0.2) is 108 Å². The molecule has 0 saturated carbocycles. The molecule has 1 unspecified atom stereocenters. The highest BCUT2D eigenvalue weighted by atomic mass is 32.2. The molecule has 1 atom stereocenters. The highest BCUT2D eigenvalue weighted by molar-refractivity contribution is 7.93. The minimum Gasteiger partial charge on any atom is -0.272 e. The molecule has 0 radical (unpaired) electrons. The molecular formula is C31H22F3NO3S. The van der Waals surface area contributed by atoms with Crippen LogP contribution in [-0.2, 0) is 20.2 Å². The zero-order chi connectivity index (χ0) is 27.6. The molecule has 0 spiro atoms. The van der Waals surface area contributed by atoms with E-state index in [-0.39, 0.29) is 27.3 Å². The lowest BCUT2D eigenvalue weighted by molar-refractivity contribution is -0.152. The van der Waals surface area contributed by atoms with E-state index < -0.39 is 33.9 Å². The van der Waals surface area contributed by atoms with Gasteiger partial charge in [0.15, 0.2) is 0 Å². The first-order valence-electron chi connectivity index (χ1n) is 12.3. The summed E-state index contributed by atoms with van der Waals surface area (Å²) in [6.07, 6.45) is -6.33. The van der Waals surface area contributed by atoms with Gasteiger partial charge in [0.05, 0.1) is 17.0 Å². The van der Waals surface area contributed by atoms with E-state index in [4.69, 9.17) is 0 Å². The Balaban J connectivity index is 1.75. The minimum atomic E-state index is -4.79. The number of benzene rings is 4. The second-order valence-corrected chi connectivity index (χ2v) is 11.6. The standard InChI is InChI=1S/C31H22F3NO3S/c1-20-15-17-22(18-16-20)39(37,38)35-26-14-8-6-12-24(26)28-27(21-9-3-2-4-10-21)23-11-5-7-13-25(23)30(28,29(35)36)19-31(32,33)34/h2-18H,19H2,1H3. The van der Waals surface area contributed by atoms with Gasteiger partial charge in [-0.3, -0.25) is 4.79 Å². The molecule has 4 aromatic carbocycles. The zero-order valence-electron chi connectivity index (χ0n) is 20.7. The average molecular weight is 546 g/mol. The van der Waals surface area contributed by atoms with Crippen molar-refractivity contribution >= 4 is 32.8 Å². The number of amides is 1. The fourth-order valence-electron chi connectivity index (χ4n) is 5.81. The highest BCUT2D eigenvalue weighted by Gasteiger charge is 2.62. The summed E-state index contributed by atoms with van der Waals surface area (Å²) < 4.78 is 72.1. The van der Waals surface area contributed by atoms with E-state index in [1.165, 1.54) is 24.3 Å². The number of halogens is 3. The number of anilines is 1. The van der Waals surface area contributed by atoms with Crippen molar-refractivity contribution < 1.29 is 26.4 Å². The fraction of sp³-hybridized carbons (Fsp3) is 0.129. The van der Waals surface area contributed by atoms with Gasteiger partial charge in [-0.25, -0.2) is 12.7 Å². The van der Waals surface area contributed by atoms with Gasteiger partial charge in [0.25, 0.3) is 15.9 Å². The Hall–Kier alpha value is -4.17. The molecule has 196 valence electrons. The van der Waals surface area contributed by atoms with Crippen molar-refractivity contribution in [2.75, 3.05) is 4.31 Å². The Morgan fingerprint density at radius 2 is 1.36 bits per heavy atom. The fourth-order valence-corrected chi connectivity index (χ4v) is 7.29. The number of rotatable bonds is 4. The minimum absolute atomic E-state index is 0.0251. The van der Waals surface area contributed by atoms with Gasteiger partial charge in [0, 0.05) is 5.56 Å². The first-order valence-corrected chi connectivity index (χ1v) is 13.7. The van der Waals surface area contributed by atoms with E-state index in [0.717, 1.165) is 5.56 Å². The predicted octanol–water partition coefficient (Wildman–Crippen LogP) is 6.89. The third-order valence-electron chi connectivity index (χ3n) is 7.36. The lowest BCUT2D eigenvalue weighted by Gasteiger charge is -2.42. The molecule has 1 amide bonds. The molecule has 8 heteroatoms. The van der Waals surface area contributed by atoms with E-state index in [2.05, 4.69) is 0 Å². The maximum absolute atomic E-state index is 14.6. The van der Waals surface area contributed by atoms with Crippen LogP contribution in [0.5, 0.6) is 0 Å². The second kappa shape index (κ2) is 8.68. The molecule has 0 fully saturated rings. The lowest BCUT2D eigenvalue weighted by atomic mass is 9.68. The van der Waals surface area contributed by atoms with Crippen LogP contribution in [0.3, 0.4) is 0 Å². The molecule has 6 rings (SSSR count). The molecule has 39 heavy (non-hydrogen) atoms. The van der Waals surface area contributed by atoms with Gasteiger partial charge < -0.3 is 0 Å². The molecule has 0 N–H and O–H groups in total. The summed E-state index contributed by atoms with van der Waals surface area (Å²) in [4.78, 5) is 14.4. The predicted molar refractivity (Wildman–Crippen MR) is 143 cm³/mol. The Morgan fingerprint density at radius 1 is 0.769 bits per heavy atom. The van der Waals surface area contributed by atoms with Crippen LogP contribution < -0.4 is 4.31 Å².